The fourth-order valence-electron chi connectivity index (χ4n) is 2.73. The maximum atomic E-state index is 4.32. The molecule has 0 aliphatic heterocycles. The molecule has 0 fully saturated rings. The Morgan fingerprint density at radius 2 is 0.704 bits per heavy atom. The molecule has 0 aliphatic rings. The monoisotopic (exact) mass is 354 g/mol. The highest BCUT2D eigenvalue weighted by molar-refractivity contribution is 5.77. The summed E-state index contributed by atoms with van der Waals surface area (Å²) in [5.41, 5.74) is 7.85. The molecule has 0 aliphatic carbocycles. The molecule has 3 heterocycles. The Bertz CT molecular complexity index is 917. The van der Waals surface area contributed by atoms with Crippen molar-refractivity contribution < 1.29 is 0 Å². The average Bonchev–Trinajstić information content (AvgIpc) is 2.69. The van der Waals surface area contributed by atoms with Gasteiger partial charge in [0.05, 0.1) is 34.2 Å². The van der Waals surface area contributed by atoms with Crippen molar-refractivity contribution in [3.63, 3.8) is 0 Å². The molecule has 0 saturated carbocycles. The molecule has 0 N–H and O–H groups in total. The topological polar surface area (TPSA) is 77.3 Å². The van der Waals surface area contributed by atoms with E-state index < -0.39 is 0 Å². The Balaban J connectivity index is 1.89. The molecule has 6 nitrogen and oxygen atoms in total. The molecule has 3 aromatic heterocycles. The van der Waals surface area contributed by atoms with Crippen LogP contribution in [0.15, 0.2) is 54.6 Å². The molecular weight excluding hydrogens is 336 g/mol. The van der Waals surface area contributed by atoms with Gasteiger partial charge in [0, 0.05) is 16.7 Å². The van der Waals surface area contributed by atoms with Crippen LogP contribution in [0.1, 0.15) is 17.1 Å². The quantitative estimate of drug-likeness (QED) is 0.554. The van der Waals surface area contributed by atoms with Gasteiger partial charge in [-0.3, -0.25) is 0 Å². The molecule has 1 aromatic carbocycles. The van der Waals surface area contributed by atoms with Gasteiger partial charge in [-0.1, -0.05) is 0 Å². The van der Waals surface area contributed by atoms with Crippen molar-refractivity contribution in [2.75, 3.05) is 0 Å². The van der Waals surface area contributed by atoms with Gasteiger partial charge in [-0.15, -0.1) is 0 Å². The van der Waals surface area contributed by atoms with E-state index in [9.17, 15) is 0 Å². The van der Waals surface area contributed by atoms with Crippen LogP contribution in [0.4, 0.5) is 0 Å². The summed E-state index contributed by atoms with van der Waals surface area (Å²) in [5.74, 6) is 0. The SMILES string of the molecule is Cc1ccc(-c2cc(-c3ccc(C)nn3)cc(-c3ccc(C)nn3)c2)nn1. The van der Waals surface area contributed by atoms with Gasteiger partial charge in [0.1, 0.15) is 0 Å². The lowest BCUT2D eigenvalue weighted by Crippen LogP contribution is -1.95. The molecule has 132 valence electrons. The van der Waals surface area contributed by atoms with Crippen molar-refractivity contribution in [3.8, 4) is 33.8 Å². The van der Waals surface area contributed by atoms with Gasteiger partial charge in [-0.25, -0.2) is 0 Å². The van der Waals surface area contributed by atoms with Crippen molar-refractivity contribution in [1.29, 1.82) is 0 Å². The third-order valence-corrected chi connectivity index (χ3v) is 4.21. The summed E-state index contributed by atoms with van der Waals surface area (Å²) in [7, 11) is 0. The van der Waals surface area contributed by atoms with Crippen molar-refractivity contribution in [2.45, 2.75) is 20.8 Å². The Morgan fingerprint density at radius 1 is 0.407 bits per heavy atom. The highest BCUT2D eigenvalue weighted by Gasteiger charge is 2.10. The Labute approximate surface area is 157 Å². The highest BCUT2D eigenvalue weighted by Crippen LogP contribution is 2.30. The van der Waals surface area contributed by atoms with Gasteiger partial charge in [-0.2, -0.15) is 30.6 Å². The average molecular weight is 354 g/mol. The molecule has 0 radical (unpaired) electrons. The minimum absolute atomic E-state index is 0.795. The number of nitrogens with zero attached hydrogens (tertiary/aromatic N) is 6. The first-order valence-corrected chi connectivity index (χ1v) is 8.66. The zero-order valence-corrected chi connectivity index (χ0v) is 15.4. The van der Waals surface area contributed by atoms with Crippen LogP contribution >= 0.6 is 0 Å². The number of aromatic nitrogens is 6. The molecule has 0 saturated heterocycles. The van der Waals surface area contributed by atoms with Crippen molar-refractivity contribution in [1.82, 2.24) is 30.6 Å². The van der Waals surface area contributed by atoms with E-state index in [0.717, 1.165) is 50.9 Å². The molecule has 0 amide bonds. The Hall–Kier alpha value is -3.54. The van der Waals surface area contributed by atoms with E-state index >= 15 is 0 Å². The number of benzene rings is 1. The van der Waals surface area contributed by atoms with E-state index in [4.69, 9.17) is 0 Å². The first kappa shape index (κ1) is 16.9. The van der Waals surface area contributed by atoms with Gasteiger partial charge in [-0.05, 0) is 75.4 Å². The normalized spacial score (nSPS) is 10.8. The van der Waals surface area contributed by atoms with Crippen LogP contribution in [0.3, 0.4) is 0 Å². The third-order valence-electron chi connectivity index (χ3n) is 4.21. The number of hydrogen-bond acceptors (Lipinski definition) is 6. The first-order valence-electron chi connectivity index (χ1n) is 8.66. The minimum Gasteiger partial charge on any atom is -0.155 e. The predicted molar refractivity (Wildman–Crippen MR) is 104 cm³/mol. The summed E-state index contributed by atoms with van der Waals surface area (Å²) >= 11 is 0. The van der Waals surface area contributed by atoms with E-state index in [1.54, 1.807) is 0 Å². The second kappa shape index (κ2) is 6.99. The molecule has 4 rings (SSSR count). The van der Waals surface area contributed by atoms with Crippen LogP contribution < -0.4 is 0 Å². The summed E-state index contributed by atoms with van der Waals surface area (Å²) in [6.45, 7) is 5.76. The zero-order valence-electron chi connectivity index (χ0n) is 15.4. The summed E-state index contributed by atoms with van der Waals surface area (Å²) in [6.07, 6.45) is 0. The van der Waals surface area contributed by atoms with Crippen LogP contribution in [-0.2, 0) is 0 Å². The molecule has 0 unspecified atom stereocenters. The van der Waals surface area contributed by atoms with Crippen LogP contribution in [0.2, 0.25) is 0 Å². The van der Waals surface area contributed by atoms with E-state index in [1.165, 1.54) is 0 Å². The molecule has 0 atom stereocenters. The molecule has 4 aromatic rings. The van der Waals surface area contributed by atoms with Crippen molar-refractivity contribution in [3.05, 3.63) is 71.7 Å². The number of aryl methyl sites for hydroxylation is 3. The molecule has 0 spiro atoms. The van der Waals surface area contributed by atoms with Crippen LogP contribution in [-0.4, -0.2) is 30.6 Å². The lowest BCUT2D eigenvalue weighted by atomic mass is 9.99. The lowest BCUT2D eigenvalue weighted by molar-refractivity contribution is 0.980. The number of rotatable bonds is 3. The van der Waals surface area contributed by atoms with Gasteiger partial charge >= 0.3 is 0 Å². The molecule has 6 heteroatoms. The third kappa shape index (κ3) is 3.69. The van der Waals surface area contributed by atoms with Crippen molar-refractivity contribution >= 4 is 0 Å². The standard InChI is InChI=1S/C21H18N6/c1-13-4-7-19(25-22-13)16-10-17(20-8-5-14(2)23-26-20)12-18(11-16)21-9-6-15(3)24-27-21/h4-12H,1-3H3. The van der Waals surface area contributed by atoms with E-state index in [1.807, 2.05) is 75.4 Å². The van der Waals surface area contributed by atoms with Gasteiger partial charge < -0.3 is 0 Å². The van der Waals surface area contributed by atoms with E-state index in [-0.39, 0.29) is 0 Å². The molecular formula is C21H18N6. The first-order chi connectivity index (χ1) is 13.1. The summed E-state index contributed by atoms with van der Waals surface area (Å²) in [6, 6.07) is 17.9. The van der Waals surface area contributed by atoms with Crippen LogP contribution in [0.5, 0.6) is 0 Å². The Kier molecular flexibility index (Phi) is 4.38. The Morgan fingerprint density at radius 3 is 0.926 bits per heavy atom. The van der Waals surface area contributed by atoms with Crippen molar-refractivity contribution in [2.24, 2.45) is 0 Å². The van der Waals surface area contributed by atoms with Gasteiger partial charge in [0.15, 0.2) is 0 Å². The minimum atomic E-state index is 0.795. The fourth-order valence-corrected chi connectivity index (χ4v) is 2.73. The lowest BCUT2D eigenvalue weighted by Gasteiger charge is -2.09. The summed E-state index contributed by atoms with van der Waals surface area (Å²) < 4.78 is 0. The zero-order chi connectivity index (χ0) is 18.8. The van der Waals surface area contributed by atoms with Gasteiger partial charge in [0.25, 0.3) is 0 Å². The second-order valence-electron chi connectivity index (χ2n) is 6.48. The van der Waals surface area contributed by atoms with Crippen LogP contribution in [0.25, 0.3) is 33.8 Å². The maximum Gasteiger partial charge on any atom is 0.0930 e. The summed E-state index contributed by atoms with van der Waals surface area (Å²) in [4.78, 5) is 0. The van der Waals surface area contributed by atoms with Gasteiger partial charge in [0.2, 0.25) is 0 Å². The van der Waals surface area contributed by atoms with E-state index in [0.29, 0.717) is 0 Å². The molecule has 0 bridgehead atoms. The summed E-state index contributed by atoms with van der Waals surface area (Å²) in [5, 5.41) is 25.5. The molecule has 27 heavy (non-hydrogen) atoms. The smallest absolute Gasteiger partial charge is 0.0930 e. The van der Waals surface area contributed by atoms with Crippen LogP contribution in [0, 0.1) is 20.8 Å². The largest absolute Gasteiger partial charge is 0.155 e. The second-order valence-corrected chi connectivity index (χ2v) is 6.48. The highest BCUT2D eigenvalue weighted by atomic mass is 15.1. The fraction of sp³-hybridized carbons (Fsp3) is 0.143. The predicted octanol–water partition coefficient (Wildman–Crippen LogP) is 3.98. The van der Waals surface area contributed by atoms with E-state index in [2.05, 4.69) is 30.6 Å². The number of hydrogen-bond donors (Lipinski definition) is 0. The maximum absolute atomic E-state index is 4.32.